The SMILES string of the molecule is CC(CN1CCN2C(=O)C(=O)NCC2C1)c1cccc(Cl)c1. The summed E-state index contributed by atoms with van der Waals surface area (Å²) >= 11 is 6.05. The summed E-state index contributed by atoms with van der Waals surface area (Å²) in [6, 6.07) is 8.05. The maximum atomic E-state index is 11.8. The van der Waals surface area contributed by atoms with Gasteiger partial charge in [0, 0.05) is 37.7 Å². The van der Waals surface area contributed by atoms with Gasteiger partial charge in [0.05, 0.1) is 6.04 Å². The molecule has 118 valence electrons. The Morgan fingerprint density at radius 1 is 1.36 bits per heavy atom. The number of amides is 2. The Morgan fingerprint density at radius 3 is 2.95 bits per heavy atom. The molecular weight excluding hydrogens is 302 g/mol. The van der Waals surface area contributed by atoms with Crippen molar-refractivity contribution in [3.63, 3.8) is 0 Å². The Balaban J connectivity index is 1.61. The van der Waals surface area contributed by atoms with Gasteiger partial charge in [-0.1, -0.05) is 30.7 Å². The van der Waals surface area contributed by atoms with Crippen LogP contribution in [0.4, 0.5) is 0 Å². The minimum Gasteiger partial charge on any atom is -0.346 e. The number of halogens is 1. The number of carbonyl (C=O) groups is 2. The van der Waals surface area contributed by atoms with Crippen LogP contribution in [0, 0.1) is 0 Å². The summed E-state index contributed by atoms with van der Waals surface area (Å²) in [5.74, 6) is -0.491. The van der Waals surface area contributed by atoms with E-state index in [0.29, 0.717) is 19.0 Å². The number of nitrogens with one attached hydrogen (secondary N) is 1. The number of fused-ring (bicyclic) bond motifs is 1. The molecule has 2 heterocycles. The van der Waals surface area contributed by atoms with Crippen LogP contribution < -0.4 is 5.32 Å². The lowest BCUT2D eigenvalue weighted by atomic mass is 9.99. The van der Waals surface area contributed by atoms with E-state index in [9.17, 15) is 9.59 Å². The quantitative estimate of drug-likeness (QED) is 0.848. The van der Waals surface area contributed by atoms with E-state index in [2.05, 4.69) is 23.2 Å². The van der Waals surface area contributed by atoms with E-state index in [1.54, 1.807) is 4.90 Å². The Hall–Kier alpha value is -1.59. The third kappa shape index (κ3) is 3.10. The van der Waals surface area contributed by atoms with Crippen molar-refractivity contribution in [2.75, 3.05) is 32.7 Å². The van der Waals surface area contributed by atoms with Crippen LogP contribution in [0.15, 0.2) is 24.3 Å². The molecule has 2 amide bonds. The summed E-state index contributed by atoms with van der Waals surface area (Å²) in [6.45, 7) is 5.89. The third-order valence-electron chi connectivity index (χ3n) is 4.47. The summed E-state index contributed by atoms with van der Waals surface area (Å²) in [5.41, 5.74) is 1.22. The first-order valence-electron chi connectivity index (χ1n) is 7.61. The zero-order valence-corrected chi connectivity index (χ0v) is 13.3. The lowest BCUT2D eigenvalue weighted by Gasteiger charge is -2.44. The largest absolute Gasteiger partial charge is 0.346 e. The van der Waals surface area contributed by atoms with Gasteiger partial charge in [-0.25, -0.2) is 0 Å². The molecule has 0 saturated carbocycles. The molecule has 1 N–H and O–H groups in total. The topological polar surface area (TPSA) is 52.7 Å². The number of hydrogen-bond acceptors (Lipinski definition) is 3. The zero-order chi connectivity index (χ0) is 15.7. The first kappa shape index (κ1) is 15.3. The predicted octanol–water partition coefficient (Wildman–Crippen LogP) is 1.09. The molecule has 0 spiro atoms. The lowest BCUT2D eigenvalue weighted by Crippen LogP contribution is -2.65. The summed E-state index contributed by atoms with van der Waals surface area (Å²) in [4.78, 5) is 27.3. The molecule has 0 aromatic heterocycles. The van der Waals surface area contributed by atoms with Gasteiger partial charge in [-0.3, -0.25) is 14.5 Å². The standard InChI is InChI=1S/C16H20ClN3O2/c1-11(12-3-2-4-13(17)7-12)9-19-5-6-20-14(10-19)8-18-15(21)16(20)22/h2-4,7,11,14H,5-6,8-10H2,1H3,(H,18,21). The van der Waals surface area contributed by atoms with Crippen molar-refractivity contribution >= 4 is 23.4 Å². The average molecular weight is 322 g/mol. The fourth-order valence-corrected chi connectivity index (χ4v) is 3.45. The van der Waals surface area contributed by atoms with Crippen LogP contribution >= 0.6 is 11.6 Å². The summed E-state index contributed by atoms with van der Waals surface area (Å²) < 4.78 is 0. The van der Waals surface area contributed by atoms with Crippen molar-refractivity contribution in [2.45, 2.75) is 18.9 Å². The Labute approximate surface area is 135 Å². The molecule has 2 aliphatic rings. The van der Waals surface area contributed by atoms with Crippen LogP contribution in [0.1, 0.15) is 18.4 Å². The highest BCUT2D eigenvalue weighted by Crippen LogP contribution is 2.22. The van der Waals surface area contributed by atoms with Gasteiger partial charge in [0.1, 0.15) is 0 Å². The van der Waals surface area contributed by atoms with Crippen molar-refractivity contribution in [1.82, 2.24) is 15.1 Å². The van der Waals surface area contributed by atoms with Crippen molar-refractivity contribution < 1.29 is 9.59 Å². The second-order valence-corrected chi connectivity index (χ2v) is 6.51. The third-order valence-corrected chi connectivity index (χ3v) is 4.71. The highest BCUT2D eigenvalue weighted by atomic mass is 35.5. The van der Waals surface area contributed by atoms with Crippen molar-refractivity contribution in [2.24, 2.45) is 0 Å². The summed E-state index contributed by atoms with van der Waals surface area (Å²) in [6.07, 6.45) is 0. The molecule has 0 radical (unpaired) electrons. The number of nitrogens with zero attached hydrogens (tertiary/aromatic N) is 2. The normalized spacial score (nSPS) is 23.9. The van der Waals surface area contributed by atoms with E-state index >= 15 is 0 Å². The van der Waals surface area contributed by atoms with Gasteiger partial charge < -0.3 is 10.2 Å². The van der Waals surface area contributed by atoms with E-state index in [4.69, 9.17) is 11.6 Å². The number of rotatable bonds is 3. The average Bonchev–Trinajstić information content (AvgIpc) is 2.51. The second-order valence-electron chi connectivity index (χ2n) is 6.08. The Bertz CT molecular complexity index is 593. The number of hydrogen-bond donors (Lipinski definition) is 1. The molecule has 1 aromatic rings. The summed E-state index contributed by atoms with van der Waals surface area (Å²) in [5, 5.41) is 3.43. The Morgan fingerprint density at radius 2 is 2.18 bits per heavy atom. The molecule has 2 aliphatic heterocycles. The van der Waals surface area contributed by atoms with Crippen LogP contribution in [0.3, 0.4) is 0 Å². The van der Waals surface area contributed by atoms with E-state index in [1.807, 2.05) is 18.2 Å². The fourth-order valence-electron chi connectivity index (χ4n) is 3.25. The molecule has 2 unspecified atom stereocenters. The molecule has 2 saturated heterocycles. The van der Waals surface area contributed by atoms with Gasteiger partial charge >= 0.3 is 11.8 Å². The van der Waals surface area contributed by atoms with Gasteiger partial charge in [-0.2, -0.15) is 0 Å². The molecule has 3 rings (SSSR count). The molecule has 1 aromatic carbocycles. The highest BCUT2D eigenvalue weighted by molar-refractivity contribution is 6.35. The maximum Gasteiger partial charge on any atom is 0.312 e. The first-order chi connectivity index (χ1) is 10.5. The van der Waals surface area contributed by atoms with E-state index in [0.717, 1.165) is 24.7 Å². The number of benzene rings is 1. The maximum absolute atomic E-state index is 11.8. The smallest absolute Gasteiger partial charge is 0.312 e. The fraction of sp³-hybridized carbons (Fsp3) is 0.500. The van der Waals surface area contributed by atoms with Crippen molar-refractivity contribution in [3.8, 4) is 0 Å². The molecule has 2 fully saturated rings. The molecular formula is C16H20ClN3O2. The molecule has 5 nitrogen and oxygen atoms in total. The van der Waals surface area contributed by atoms with Crippen LogP contribution in [0.2, 0.25) is 5.02 Å². The van der Waals surface area contributed by atoms with Gasteiger partial charge in [-0.15, -0.1) is 0 Å². The highest BCUT2D eigenvalue weighted by Gasteiger charge is 2.37. The van der Waals surface area contributed by atoms with Gasteiger partial charge in [0.2, 0.25) is 0 Å². The van der Waals surface area contributed by atoms with E-state index < -0.39 is 11.8 Å². The number of carbonyl (C=O) groups excluding carboxylic acids is 2. The van der Waals surface area contributed by atoms with Crippen LogP contribution in [-0.2, 0) is 9.59 Å². The van der Waals surface area contributed by atoms with E-state index in [1.165, 1.54) is 5.56 Å². The monoisotopic (exact) mass is 321 g/mol. The minimum atomic E-state index is -0.475. The zero-order valence-electron chi connectivity index (χ0n) is 12.6. The number of piperazine rings is 2. The predicted molar refractivity (Wildman–Crippen MR) is 84.8 cm³/mol. The van der Waals surface area contributed by atoms with E-state index in [-0.39, 0.29) is 6.04 Å². The van der Waals surface area contributed by atoms with Crippen LogP contribution in [-0.4, -0.2) is 60.4 Å². The molecule has 2 atom stereocenters. The van der Waals surface area contributed by atoms with Crippen LogP contribution in [0.25, 0.3) is 0 Å². The lowest BCUT2D eigenvalue weighted by molar-refractivity contribution is -0.152. The van der Waals surface area contributed by atoms with Crippen molar-refractivity contribution in [1.29, 1.82) is 0 Å². The minimum absolute atomic E-state index is 0.0884. The van der Waals surface area contributed by atoms with Crippen LogP contribution in [0.5, 0.6) is 0 Å². The molecule has 0 aliphatic carbocycles. The first-order valence-corrected chi connectivity index (χ1v) is 7.99. The van der Waals surface area contributed by atoms with Gasteiger partial charge in [0.15, 0.2) is 0 Å². The van der Waals surface area contributed by atoms with Gasteiger partial charge in [0.25, 0.3) is 0 Å². The second kappa shape index (κ2) is 6.26. The Kier molecular flexibility index (Phi) is 4.36. The molecule has 0 bridgehead atoms. The molecule has 22 heavy (non-hydrogen) atoms. The molecule has 6 heteroatoms. The summed E-state index contributed by atoms with van der Waals surface area (Å²) in [7, 11) is 0. The van der Waals surface area contributed by atoms with Crippen molar-refractivity contribution in [3.05, 3.63) is 34.9 Å². The van der Waals surface area contributed by atoms with Gasteiger partial charge in [-0.05, 0) is 23.6 Å².